The number of hydrogen-bond acceptors (Lipinski definition) is 2. The Morgan fingerprint density at radius 1 is 1.71 bits per heavy atom. The zero-order chi connectivity index (χ0) is 9.97. The van der Waals surface area contributed by atoms with Crippen LogP contribution in [0.2, 0.25) is 0 Å². The fraction of sp³-hybridized carbons (Fsp3) is 0.545. The van der Waals surface area contributed by atoms with Crippen molar-refractivity contribution in [1.82, 2.24) is 4.57 Å². The number of carbonyl (C=O) groups is 1. The van der Waals surface area contributed by atoms with Crippen LogP contribution in [0.3, 0.4) is 0 Å². The van der Waals surface area contributed by atoms with E-state index < -0.39 is 0 Å². The summed E-state index contributed by atoms with van der Waals surface area (Å²) < 4.78 is 6.93. The van der Waals surface area contributed by atoms with E-state index >= 15 is 0 Å². The van der Waals surface area contributed by atoms with Crippen LogP contribution in [0.15, 0.2) is 18.3 Å². The summed E-state index contributed by atoms with van der Waals surface area (Å²) in [6.07, 6.45) is 4.85. The number of methoxy groups -OCH3 is 1. The summed E-state index contributed by atoms with van der Waals surface area (Å²) in [5.41, 5.74) is 1.28. The Hall–Kier alpha value is -1.25. The van der Waals surface area contributed by atoms with Crippen LogP contribution >= 0.6 is 0 Å². The lowest BCUT2D eigenvalue weighted by molar-refractivity contribution is -0.141. The fourth-order valence-electron chi connectivity index (χ4n) is 2.15. The lowest BCUT2D eigenvalue weighted by Gasteiger charge is -2.23. The topological polar surface area (TPSA) is 31.2 Å². The maximum atomic E-state index is 11.2. The Balaban J connectivity index is 2.12. The molecule has 0 saturated carbocycles. The summed E-state index contributed by atoms with van der Waals surface area (Å²) in [5, 5.41) is 0. The van der Waals surface area contributed by atoms with Crippen molar-refractivity contribution in [2.45, 2.75) is 31.7 Å². The third-order valence-electron chi connectivity index (χ3n) is 2.88. The number of rotatable bonds is 2. The second-order valence-electron chi connectivity index (χ2n) is 3.75. The maximum absolute atomic E-state index is 11.2. The summed E-state index contributed by atoms with van der Waals surface area (Å²) in [4.78, 5) is 11.2. The summed E-state index contributed by atoms with van der Waals surface area (Å²) in [5.74, 6) is 0.246. The molecule has 1 unspecified atom stereocenters. The third kappa shape index (κ3) is 1.67. The molecule has 2 rings (SSSR count). The molecule has 3 heteroatoms. The van der Waals surface area contributed by atoms with Gasteiger partial charge in [0, 0.05) is 24.4 Å². The molecule has 0 radical (unpaired) electrons. The number of fused-ring (bicyclic) bond motifs is 1. The average Bonchev–Trinajstić information content (AvgIpc) is 2.66. The molecule has 1 aliphatic heterocycles. The van der Waals surface area contributed by atoms with E-state index in [0.29, 0.717) is 12.3 Å². The molecule has 0 aromatic carbocycles. The highest BCUT2D eigenvalue weighted by atomic mass is 16.5. The van der Waals surface area contributed by atoms with E-state index in [9.17, 15) is 4.79 Å². The molecule has 1 aromatic rings. The van der Waals surface area contributed by atoms with Gasteiger partial charge in [0.25, 0.3) is 0 Å². The predicted molar refractivity (Wildman–Crippen MR) is 53.0 cm³/mol. The van der Waals surface area contributed by atoms with Gasteiger partial charge < -0.3 is 9.30 Å². The number of nitrogens with zero attached hydrogens (tertiary/aromatic N) is 1. The molecule has 0 amide bonds. The molecular weight excluding hydrogens is 178 g/mol. The first-order valence-corrected chi connectivity index (χ1v) is 5.03. The highest BCUT2D eigenvalue weighted by Crippen LogP contribution is 2.30. The smallest absolute Gasteiger partial charge is 0.306 e. The summed E-state index contributed by atoms with van der Waals surface area (Å²) >= 11 is 0. The predicted octanol–water partition coefficient (Wildman–Crippen LogP) is 1.93. The number of esters is 1. The molecule has 0 N–H and O–H groups in total. The van der Waals surface area contributed by atoms with Crippen molar-refractivity contribution in [2.24, 2.45) is 0 Å². The van der Waals surface area contributed by atoms with Crippen molar-refractivity contribution in [3.63, 3.8) is 0 Å². The molecule has 0 fully saturated rings. The third-order valence-corrected chi connectivity index (χ3v) is 2.88. The normalized spacial score (nSPS) is 20.2. The molecule has 76 valence electrons. The minimum absolute atomic E-state index is 0.107. The van der Waals surface area contributed by atoms with Gasteiger partial charge in [-0.25, -0.2) is 0 Å². The Labute approximate surface area is 83.7 Å². The standard InChI is InChI=1S/C11H15NO2/c1-14-11(13)8-9-4-2-6-12-7-3-5-10(9)12/h3,5,7,9H,2,4,6,8H2,1H3. The van der Waals surface area contributed by atoms with Crippen LogP contribution in [0.5, 0.6) is 0 Å². The van der Waals surface area contributed by atoms with Crippen LogP contribution in [0, 0.1) is 0 Å². The molecular formula is C11H15NO2. The number of hydrogen-bond donors (Lipinski definition) is 0. The molecule has 0 bridgehead atoms. The van der Waals surface area contributed by atoms with E-state index in [1.54, 1.807) is 0 Å². The van der Waals surface area contributed by atoms with Crippen molar-refractivity contribution < 1.29 is 9.53 Å². The molecule has 1 aromatic heterocycles. The minimum Gasteiger partial charge on any atom is -0.469 e. The maximum Gasteiger partial charge on any atom is 0.306 e. The molecule has 0 aliphatic carbocycles. The lowest BCUT2D eigenvalue weighted by Crippen LogP contribution is -2.17. The first-order valence-electron chi connectivity index (χ1n) is 5.03. The van der Waals surface area contributed by atoms with Gasteiger partial charge >= 0.3 is 5.97 Å². The van der Waals surface area contributed by atoms with Crippen molar-refractivity contribution in [1.29, 1.82) is 0 Å². The zero-order valence-corrected chi connectivity index (χ0v) is 8.40. The van der Waals surface area contributed by atoms with Crippen molar-refractivity contribution in [2.75, 3.05) is 7.11 Å². The van der Waals surface area contributed by atoms with Crippen LogP contribution in [-0.4, -0.2) is 17.6 Å². The summed E-state index contributed by atoms with van der Waals surface area (Å²) in [6.45, 7) is 1.08. The van der Waals surface area contributed by atoms with Gasteiger partial charge in [0.05, 0.1) is 13.5 Å². The van der Waals surface area contributed by atoms with E-state index in [-0.39, 0.29) is 5.97 Å². The van der Waals surface area contributed by atoms with E-state index in [1.807, 2.05) is 6.07 Å². The second kappa shape index (κ2) is 3.86. The molecule has 1 atom stereocenters. The van der Waals surface area contributed by atoms with Gasteiger partial charge in [0.1, 0.15) is 0 Å². The number of ether oxygens (including phenoxy) is 1. The van der Waals surface area contributed by atoms with Gasteiger partial charge in [-0.3, -0.25) is 4.79 Å². The number of aromatic nitrogens is 1. The van der Waals surface area contributed by atoms with Crippen molar-refractivity contribution in [3.05, 3.63) is 24.0 Å². The van der Waals surface area contributed by atoms with E-state index in [1.165, 1.54) is 12.8 Å². The largest absolute Gasteiger partial charge is 0.469 e. The van der Waals surface area contributed by atoms with Gasteiger partial charge in [-0.2, -0.15) is 0 Å². The molecule has 3 nitrogen and oxygen atoms in total. The van der Waals surface area contributed by atoms with Gasteiger partial charge in [-0.05, 0) is 25.0 Å². The minimum atomic E-state index is -0.107. The summed E-state index contributed by atoms with van der Waals surface area (Å²) in [7, 11) is 1.45. The average molecular weight is 193 g/mol. The Kier molecular flexibility index (Phi) is 2.57. The van der Waals surface area contributed by atoms with Gasteiger partial charge in [-0.15, -0.1) is 0 Å². The van der Waals surface area contributed by atoms with E-state index in [2.05, 4.69) is 16.8 Å². The molecule has 0 saturated heterocycles. The number of aryl methyl sites for hydroxylation is 1. The Morgan fingerprint density at radius 2 is 2.57 bits per heavy atom. The summed E-state index contributed by atoms with van der Waals surface area (Å²) in [6, 6.07) is 4.15. The van der Waals surface area contributed by atoms with Gasteiger partial charge in [0.2, 0.25) is 0 Å². The van der Waals surface area contributed by atoms with Crippen molar-refractivity contribution >= 4 is 5.97 Å². The first kappa shape index (κ1) is 9.31. The van der Waals surface area contributed by atoms with E-state index in [0.717, 1.165) is 19.4 Å². The molecule has 2 heterocycles. The van der Waals surface area contributed by atoms with Crippen LogP contribution in [-0.2, 0) is 16.1 Å². The molecule has 14 heavy (non-hydrogen) atoms. The quantitative estimate of drug-likeness (QED) is 0.672. The first-order chi connectivity index (χ1) is 6.81. The van der Waals surface area contributed by atoms with Crippen LogP contribution in [0.1, 0.15) is 30.9 Å². The zero-order valence-electron chi connectivity index (χ0n) is 8.40. The second-order valence-corrected chi connectivity index (χ2v) is 3.75. The highest BCUT2D eigenvalue weighted by molar-refractivity contribution is 5.70. The fourth-order valence-corrected chi connectivity index (χ4v) is 2.15. The molecule has 0 spiro atoms. The Morgan fingerprint density at radius 3 is 3.36 bits per heavy atom. The van der Waals surface area contributed by atoms with Crippen molar-refractivity contribution in [3.8, 4) is 0 Å². The lowest BCUT2D eigenvalue weighted by atomic mass is 9.93. The SMILES string of the molecule is COC(=O)CC1CCCn2cccc21. The van der Waals surface area contributed by atoms with Gasteiger partial charge in [-0.1, -0.05) is 0 Å². The Bertz CT molecular complexity index is 330. The van der Waals surface area contributed by atoms with Crippen LogP contribution in [0.25, 0.3) is 0 Å². The van der Waals surface area contributed by atoms with E-state index in [4.69, 9.17) is 4.74 Å². The number of carbonyl (C=O) groups excluding carboxylic acids is 1. The van der Waals surface area contributed by atoms with Crippen LogP contribution < -0.4 is 0 Å². The van der Waals surface area contributed by atoms with Crippen LogP contribution in [0.4, 0.5) is 0 Å². The van der Waals surface area contributed by atoms with Gasteiger partial charge in [0.15, 0.2) is 0 Å². The molecule has 1 aliphatic rings. The monoisotopic (exact) mass is 193 g/mol. The highest BCUT2D eigenvalue weighted by Gasteiger charge is 2.22.